The second-order valence-electron chi connectivity index (χ2n) is 7.85. The number of thiazole rings is 1. The molecule has 0 bridgehead atoms. The molecule has 4 nitrogen and oxygen atoms in total. The summed E-state index contributed by atoms with van der Waals surface area (Å²) in [7, 11) is 0. The highest BCUT2D eigenvalue weighted by Crippen LogP contribution is 2.37. The summed E-state index contributed by atoms with van der Waals surface area (Å²) in [5, 5.41) is 2.57. The number of hydrogen-bond acceptors (Lipinski definition) is 4. The Morgan fingerprint density at radius 1 is 0.967 bits per heavy atom. The van der Waals surface area contributed by atoms with E-state index in [2.05, 4.69) is 9.98 Å². The van der Waals surface area contributed by atoms with Crippen LogP contribution in [0.15, 0.2) is 71.0 Å². The van der Waals surface area contributed by atoms with Gasteiger partial charge in [0.25, 0.3) is 5.91 Å². The lowest BCUT2D eigenvalue weighted by Crippen LogP contribution is -2.34. The fourth-order valence-electron chi connectivity index (χ4n) is 4.12. The Morgan fingerprint density at radius 2 is 1.73 bits per heavy atom. The fraction of sp³-hybridized carbons (Fsp3) is 0.200. The monoisotopic (exact) mass is 412 g/mol. The minimum atomic E-state index is -0.413. The Kier molecular flexibility index (Phi) is 4.75. The number of amides is 1. The molecular formula is C25H20N2O2S. The quantitative estimate of drug-likeness (QED) is 0.591. The van der Waals surface area contributed by atoms with Crippen LogP contribution in [-0.2, 0) is 9.59 Å². The van der Waals surface area contributed by atoms with E-state index in [1.807, 2.05) is 66.9 Å². The minimum Gasteiger partial charge on any atom is -0.299 e. The van der Waals surface area contributed by atoms with Crippen molar-refractivity contribution in [2.45, 2.75) is 25.7 Å². The molecule has 1 aliphatic carbocycles. The van der Waals surface area contributed by atoms with Crippen molar-refractivity contribution in [2.24, 2.45) is 10.9 Å². The van der Waals surface area contributed by atoms with Gasteiger partial charge in [-0.05, 0) is 24.8 Å². The van der Waals surface area contributed by atoms with Gasteiger partial charge >= 0.3 is 0 Å². The molecule has 5 rings (SSSR count). The summed E-state index contributed by atoms with van der Waals surface area (Å²) in [6.45, 7) is 2.04. The van der Waals surface area contributed by atoms with Crippen LogP contribution in [0.1, 0.15) is 34.9 Å². The zero-order valence-electron chi connectivity index (χ0n) is 16.5. The van der Waals surface area contributed by atoms with Crippen LogP contribution in [0, 0.1) is 12.8 Å². The van der Waals surface area contributed by atoms with Crippen LogP contribution in [0.5, 0.6) is 0 Å². The number of carbonyl (C=O) groups excluding carboxylic acids is 2. The molecule has 3 aromatic rings. The van der Waals surface area contributed by atoms with E-state index in [1.54, 1.807) is 6.08 Å². The number of rotatable bonds is 3. The summed E-state index contributed by atoms with van der Waals surface area (Å²) in [5.41, 5.74) is 5.28. The van der Waals surface area contributed by atoms with Gasteiger partial charge in [0.1, 0.15) is 10.8 Å². The Bertz CT molecular complexity index is 1190. The van der Waals surface area contributed by atoms with Crippen LogP contribution in [-0.4, -0.2) is 22.4 Å². The zero-order valence-corrected chi connectivity index (χ0v) is 17.4. The molecule has 1 aliphatic heterocycles. The van der Waals surface area contributed by atoms with Gasteiger partial charge in [-0.1, -0.05) is 66.2 Å². The van der Waals surface area contributed by atoms with Gasteiger partial charge in [0, 0.05) is 23.1 Å². The number of aryl methyl sites for hydroxylation is 1. The average Bonchev–Trinajstić information content (AvgIpc) is 3.24. The second-order valence-corrected chi connectivity index (χ2v) is 8.71. The lowest BCUT2D eigenvalue weighted by Gasteiger charge is -2.29. The smallest absolute Gasteiger partial charge is 0.279 e. The van der Waals surface area contributed by atoms with Gasteiger partial charge in [-0.3, -0.25) is 9.59 Å². The highest BCUT2D eigenvalue weighted by atomic mass is 32.1. The van der Waals surface area contributed by atoms with Crippen molar-refractivity contribution in [1.29, 1.82) is 0 Å². The summed E-state index contributed by atoms with van der Waals surface area (Å²) in [6, 6.07) is 18.1. The van der Waals surface area contributed by atoms with Gasteiger partial charge in [0.05, 0.1) is 17.2 Å². The van der Waals surface area contributed by atoms with E-state index in [4.69, 9.17) is 0 Å². The molecule has 1 saturated carbocycles. The van der Waals surface area contributed by atoms with E-state index in [0.29, 0.717) is 29.1 Å². The minimum absolute atomic E-state index is 0.0875. The first-order chi connectivity index (χ1) is 14.6. The summed E-state index contributed by atoms with van der Waals surface area (Å²) in [4.78, 5) is 34.7. The van der Waals surface area contributed by atoms with Gasteiger partial charge < -0.3 is 0 Å². The SMILES string of the molecule is Cc1ccc(-c2csc(C3=CC4C(=O)CC(c5ccccc5)CC4=NC3=O)n2)cc1. The van der Waals surface area contributed by atoms with Gasteiger partial charge in [-0.2, -0.15) is 0 Å². The third kappa shape index (κ3) is 3.46. The normalized spacial score (nSPS) is 21.1. The average molecular weight is 413 g/mol. The number of nitrogens with zero attached hydrogens (tertiary/aromatic N) is 2. The summed E-state index contributed by atoms with van der Waals surface area (Å²) in [6.07, 6.45) is 2.90. The molecule has 1 amide bonds. The Hall–Kier alpha value is -3.18. The Morgan fingerprint density at radius 3 is 2.50 bits per heavy atom. The zero-order chi connectivity index (χ0) is 20.7. The molecule has 2 heterocycles. The largest absolute Gasteiger partial charge is 0.299 e. The maximum absolute atomic E-state index is 12.9. The van der Waals surface area contributed by atoms with Crippen molar-refractivity contribution in [3.05, 3.63) is 82.2 Å². The lowest BCUT2D eigenvalue weighted by molar-refractivity contribution is -0.120. The van der Waals surface area contributed by atoms with Crippen LogP contribution < -0.4 is 0 Å². The molecule has 2 atom stereocenters. The molecule has 0 saturated heterocycles. The number of dihydropyridines is 1. The summed E-state index contributed by atoms with van der Waals surface area (Å²) >= 11 is 1.42. The van der Waals surface area contributed by atoms with E-state index >= 15 is 0 Å². The van der Waals surface area contributed by atoms with Crippen molar-refractivity contribution in [3.8, 4) is 11.3 Å². The van der Waals surface area contributed by atoms with E-state index in [0.717, 1.165) is 16.8 Å². The standard InChI is InChI=1S/C25H20N2O2S/c1-15-7-9-17(10-8-15)22-14-30-25(27-22)20-13-19-21(26-24(20)29)11-18(12-23(19)28)16-5-3-2-4-6-16/h2-10,13-14,18-19H,11-12H2,1H3. The molecule has 0 spiro atoms. The number of aromatic nitrogens is 1. The number of benzene rings is 2. The predicted molar refractivity (Wildman–Crippen MR) is 120 cm³/mol. The van der Waals surface area contributed by atoms with E-state index < -0.39 is 5.92 Å². The van der Waals surface area contributed by atoms with E-state index in [-0.39, 0.29) is 17.6 Å². The number of fused-ring (bicyclic) bond motifs is 1. The fourth-order valence-corrected chi connectivity index (χ4v) is 4.96. The lowest BCUT2D eigenvalue weighted by atomic mass is 9.75. The molecule has 2 aromatic carbocycles. The number of Topliss-reactive ketones (excluding diaryl/α,β-unsaturated/α-hetero) is 1. The predicted octanol–water partition coefficient (Wildman–Crippen LogP) is 5.25. The van der Waals surface area contributed by atoms with E-state index in [1.165, 1.54) is 16.9 Å². The highest BCUT2D eigenvalue weighted by molar-refractivity contribution is 7.11. The topological polar surface area (TPSA) is 59.4 Å². The van der Waals surface area contributed by atoms with Crippen molar-refractivity contribution >= 4 is 34.3 Å². The van der Waals surface area contributed by atoms with Crippen molar-refractivity contribution in [3.63, 3.8) is 0 Å². The molecule has 0 radical (unpaired) electrons. The molecule has 1 aromatic heterocycles. The molecule has 2 aliphatic rings. The number of aliphatic imine (C=N–C) groups is 1. The van der Waals surface area contributed by atoms with Crippen LogP contribution in [0.4, 0.5) is 0 Å². The summed E-state index contributed by atoms with van der Waals surface area (Å²) in [5.74, 6) is -0.504. The Balaban J connectivity index is 1.42. The van der Waals surface area contributed by atoms with Crippen LogP contribution in [0.3, 0.4) is 0 Å². The number of carbonyl (C=O) groups is 2. The third-order valence-corrected chi connectivity index (χ3v) is 6.65. The van der Waals surface area contributed by atoms with Gasteiger partial charge in [0.2, 0.25) is 0 Å². The first-order valence-corrected chi connectivity index (χ1v) is 10.9. The molecule has 148 valence electrons. The maximum atomic E-state index is 12.9. The number of ketones is 1. The molecule has 30 heavy (non-hydrogen) atoms. The van der Waals surface area contributed by atoms with Crippen molar-refractivity contribution in [2.75, 3.05) is 0 Å². The van der Waals surface area contributed by atoms with Crippen LogP contribution in [0.2, 0.25) is 0 Å². The highest BCUT2D eigenvalue weighted by Gasteiger charge is 2.37. The second kappa shape index (κ2) is 7.58. The molecule has 5 heteroatoms. The molecule has 2 unspecified atom stereocenters. The van der Waals surface area contributed by atoms with Gasteiger partial charge in [-0.25, -0.2) is 9.98 Å². The van der Waals surface area contributed by atoms with Gasteiger partial charge in [0.15, 0.2) is 0 Å². The number of hydrogen-bond donors (Lipinski definition) is 0. The Labute approximate surface area is 179 Å². The van der Waals surface area contributed by atoms with Crippen LogP contribution >= 0.6 is 11.3 Å². The van der Waals surface area contributed by atoms with Crippen molar-refractivity contribution < 1.29 is 9.59 Å². The number of allylic oxidation sites excluding steroid dienone is 1. The summed E-state index contributed by atoms with van der Waals surface area (Å²) < 4.78 is 0. The molecule has 0 N–H and O–H groups in total. The van der Waals surface area contributed by atoms with E-state index in [9.17, 15) is 9.59 Å². The molecule has 1 fully saturated rings. The first-order valence-electron chi connectivity index (χ1n) is 10.0. The molecular weight excluding hydrogens is 392 g/mol. The third-order valence-electron chi connectivity index (χ3n) is 5.77. The van der Waals surface area contributed by atoms with Gasteiger partial charge in [-0.15, -0.1) is 11.3 Å². The maximum Gasteiger partial charge on any atom is 0.279 e. The van der Waals surface area contributed by atoms with Crippen molar-refractivity contribution in [1.82, 2.24) is 4.98 Å². The van der Waals surface area contributed by atoms with Crippen LogP contribution in [0.25, 0.3) is 16.8 Å². The first kappa shape index (κ1) is 18.8.